The van der Waals surface area contributed by atoms with E-state index in [1.54, 1.807) is 6.20 Å². The van der Waals surface area contributed by atoms with Crippen LogP contribution < -0.4 is 10.6 Å². The van der Waals surface area contributed by atoms with Crippen LogP contribution in [0.4, 0.5) is 5.69 Å². The number of hydrogen-bond acceptors (Lipinski definition) is 3. The fourth-order valence-electron chi connectivity index (χ4n) is 3.36. The van der Waals surface area contributed by atoms with Crippen molar-refractivity contribution in [3.8, 4) is 0 Å². The standard InChI is InChI=1S/C14H18ClN3O/c1-13(2)11-10(4-8(15)7-17-11)18(12(13)19)14(3)5-9(16)6-14/h4,7,9H,5-6,16H2,1-3H3/t9-,14+. The number of amides is 1. The third kappa shape index (κ3) is 1.63. The summed E-state index contributed by atoms with van der Waals surface area (Å²) in [5.41, 5.74) is 6.76. The van der Waals surface area contributed by atoms with Crippen LogP contribution in [0.2, 0.25) is 5.02 Å². The molecule has 1 aromatic rings. The Bertz CT molecular complexity index is 564. The summed E-state index contributed by atoms with van der Waals surface area (Å²) >= 11 is 6.04. The SMILES string of the molecule is CC1(C)C(=O)N([C@]2(C)C[C@H](N)C2)c2cc(Cl)cnc21. The first-order valence-electron chi connectivity index (χ1n) is 6.52. The Balaban J connectivity index is 2.13. The van der Waals surface area contributed by atoms with Crippen molar-refractivity contribution in [1.82, 2.24) is 4.98 Å². The molecule has 1 aliphatic heterocycles. The maximum Gasteiger partial charge on any atom is 0.239 e. The Morgan fingerprint density at radius 2 is 2.05 bits per heavy atom. The Labute approximate surface area is 117 Å². The summed E-state index contributed by atoms with van der Waals surface area (Å²) < 4.78 is 0. The summed E-state index contributed by atoms with van der Waals surface area (Å²) in [6.45, 7) is 5.91. The molecule has 1 aromatic heterocycles. The maximum absolute atomic E-state index is 12.7. The van der Waals surface area contributed by atoms with Crippen LogP contribution in [0.3, 0.4) is 0 Å². The molecule has 102 valence electrons. The molecule has 0 unspecified atom stereocenters. The van der Waals surface area contributed by atoms with Crippen molar-refractivity contribution in [2.45, 2.75) is 50.6 Å². The molecule has 0 bridgehead atoms. The quantitative estimate of drug-likeness (QED) is 0.858. The number of carbonyl (C=O) groups excluding carboxylic acids is 1. The van der Waals surface area contributed by atoms with Gasteiger partial charge in [0.1, 0.15) is 0 Å². The Morgan fingerprint density at radius 3 is 2.63 bits per heavy atom. The van der Waals surface area contributed by atoms with Gasteiger partial charge < -0.3 is 10.6 Å². The second-order valence-electron chi connectivity index (χ2n) is 6.45. The number of fused-ring (bicyclic) bond motifs is 1. The fraction of sp³-hybridized carbons (Fsp3) is 0.571. The molecule has 0 saturated heterocycles. The number of pyridine rings is 1. The van der Waals surface area contributed by atoms with Crippen molar-refractivity contribution in [3.63, 3.8) is 0 Å². The van der Waals surface area contributed by atoms with Gasteiger partial charge in [-0.2, -0.15) is 0 Å². The molecule has 1 aliphatic carbocycles. The van der Waals surface area contributed by atoms with Crippen molar-refractivity contribution in [3.05, 3.63) is 23.0 Å². The zero-order valence-corrected chi connectivity index (χ0v) is 12.2. The topological polar surface area (TPSA) is 59.2 Å². The van der Waals surface area contributed by atoms with E-state index in [4.69, 9.17) is 17.3 Å². The van der Waals surface area contributed by atoms with Gasteiger partial charge in [0.05, 0.1) is 21.8 Å². The predicted molar refractivity (Wildman–Crippen MR) is 75.4 cm³/mol. The number of aromatic nitrogens is 1. The number of carbonyl (C=O) groups is 1. The first-order chi connectivity index (χ1) is 8.75. The molecule has 2 aliphatic rings. The predicted octanol–water partition coefficient (Wildman–Crippen LogP) is 2.24. The molecule has 3 rings (SSSR count). The third-order valence-electron chi connectivity index (χ3n) is 4.35. The van der Waals surface area contributed by atoms with Crippen molar-refractivity contribution < 1.29 is 4.79 Å². The highest BCUT2D eigenvalue weighted by atomic mass is 35.5. The van der Waals surface area contributed by atoms with Gasteiger partial charge in [0.15, 0.2) is 0 Å². The Hall–Kier alpha value is -1.13. The van der Waals surface area contributed by atoms with Crippen LogP contribution in [0.1, 0.15) is 39.3 Å². The normalized spacial score (nSPS) is 32.2. The van der Waals surface area contributed by atoms with Crippen LogP contribution in [0, 0.1) is 0 Å². The lowest BCUT2D eigenvalue weighted by Gasteiger charge is -2.50. The van der Waals surface area contributed by atoms with Gasteiger partial charge in [-0.05, 0) is 39.7 Å². The highest BCUT2D eigenvalue weighted by Gasteiger charge is 2.55. The first kappa shape index (κ1) is 12.9. The number of nitrogens with two attached hydrogens (primary N) is 1. The smallest absolute Gasteiger partial charge is 0.239 e. The zero-order valence-electron chi connectivity index (χ0n) is 11.4. The molecule has 0 atom stereocenters. The van der Waals surface area contributed by atoms with Crippen LogP contribution in [-0.2, 0) is 10.2 Å². The van der Waals surface area contributed by atoms with Crippen molar-refractivity contribution in [2.24, 2.45) is 5.73 Å². The molecular weight excluding hydrogens is 262 g/mol. The molecule has 4 nitrogen and oxygen atoms in total. The minimum absolute atomic E-state index is 0.0895. The van der Waals surface area contributed by atoms with E-state index in [1.807, 2.05) is 24.8 Å². The van der Waals surface area contributed by atoms with Crippen LogP contribution in [0.15, 0.2) is 12.3 Å². The summed E-state index contributed by atoms with van der Waals surface area (Å²) in [4.78, 5) is 19.0. The number of nitrogens with zero attached hydrogens (tertiary/aromatic N) is 2. The minimum atomic E-state index is -0.595. The molecular formula is C14H18ClN3O. The fourth-order valence-corrected chi connectivity index (χ4v) is 3.51. The van der Waals surface area contributed by atoms with Gasteiger partial charge in [0, 0.05) is 17.8 Å². The highest BCUT2D eigenvalue weighted by Crippen LogP contribution is 2.49. The lowest BCUT2D eigenvalue weighted by atomic mass is 9.73. The lowest BCUT2D eigenvalue weighted by Crippen LogP contribution is -2.62. The lowest BCUT2D eigenvalue weighted by molar-refractivity contribution is -0.124. The molecule has 19 heavy (non-hydrogen) atoms. The van der Waals surface area contributed by atoms with E-state index in [0.717, 1.165) is 24.2 Å². The minimum Gasteiger partial charge on any atom is -0.328 e. The Morgan fingerprint density at radius 1 is 1.42 bits per heavy atom. The third-order valence-corrected chi connectivity index (χ3v) is 4.56. The number of halogens is 1. The molecule has 0 spiro atoms. The molecule has 2 N–H and O–H groups in total. The van der Waals surface area contributed by atoms with E-state index in [2.05, 4.69) is 11.9 Å². The van der Waals surface area contributed by atoms with Gasteiger partial charge in [-0.25, -0.2) is 0 Å². The molecule has 1 amide bonds. The van der Waals surface area contributed by atoms with E-state index in [0.29, 0.717) is 5.02 Å². The zero-order chi connectivity index (χ0) is 14.0. The van der Waals surface area contributed by atoms with Crippen LogP contribution >= 0.6 is 11.6 Å². The van der Waals surface area contributed by atoms with Crippen molar-refractivity contribution >= 4 is 23.2 Å². The molecule has 0 aromatic carbocycles. The van der Waals surface area contributed by atoms with Gasteiger partial charge >= 0.3 is 0 Å². The van der Waals surface area contributed by atoms with E-state index in [-0.39, 0.29) is 17.5 Å². The maximum atomic E-state index is 12.7. The molecule has 1 fully saturated rings. The second-order valence-corrected chi connectivity index (χ2v) is 6.89. The average molecular weight is 280 g/mol. The molecule has 1 saturated carbocycles. The van der Waals surface area contributed by atoms with Gasteiger partial charge in [0.2, 0.25) is 5.91 Å². The molecule has 2 heterocycles. The Kier molecular flexibility index (Phi) is 2.51. The highest BCUT2D eigenvalue weighted by molar-refractivity contribution is 6.31. The number of anilines is 1. The molecule has 5 heteroatoms. The monoisotopic (exact) mass is 279 g/mol. The van der Waals surface area contributed by atoms with Crippen molar-refractivity contribution in [1.29, 1.82) is 0 Å². The summed E-state index contributed by atoms with van der Waals surface area (Å²) in [6, 6.07) is 2.02. The van der Waals surface area contributed by atoms with E-state index < -0.39 is 5.41 Å². The van der Waals surface area contributed by atoms with E-state index in [9.17, 15) is 4.79 Å². The molecule has 0 radical (unpaired) electrons. The average Bonchev–Trinajstić information content (AvgIpc) is 2.45. The summed E-state index contributed by atoms with van der Waals surface area (Å²) in [5.74, 6) is 0.0895. The number of rotatable bonds is 1. The first-order valence-corrected chi connectivity index (χ1v) is 6.90. The van der Waals surface area contributed by atoms with E-state index >= 15 is 0 Å². The van der Waals surface area contributed by atoms with Gasteiger partial charge in [-0.1, -0.05) is 11.6 Å². The summed E-state index contributed by atoms with van der Waals surface area (Å²) in [6.07, 6.45) is 3.25. The second kappa shape index (κ2) is 3.70. The summed E-state index contributed by atoms with van der Waals surface area (Å²) in [5, 5.41) is 0.557. The van der Waals surface area contributed by atoms with Crippen LogP contribution in [0.5, 0.6) is 0 Å². The van der Waals surface area contributed by atoms with Gasteiger partial charge in [-0.3, -0.25) is 9.78 Å². The summed E-state index contributed by atoms with van der Waals surface area (Å²) in [7, 11) is 0. The number of hydrogen-bond donors (Lipinski definition) is 1. The van der Waals surface area contributed by atoms with Crippen molar-refractivity contribution in [2.75, 3.05) is 4.90 Å². The van der Waals surface area contributed by atoms with Gasteiger partial charge in [-0.15, -0.1) is 0 Å². The van der Waals surface area contributed by atoms with Crippen LogP contribution in [0.25, 0.3) is 0 Å². The van der Waals surface area contributed by atoms with E-state index in [1.165, 1.54) is 0 Å². The van der Waals surface area contributed by atoms with Gasteiger partial charge in [0.25, 0.3) is 0 Å². The largest absolute Gasteiger partial charge is 0.328 e. The van der Waals surface area contributed by atoms with Crippen LogP contribution in [-0.4, -0.2) is 22.5 Å².